The Morgan fingerprint density at radius 3 is 1.19 bits per heavy atom. The molecule has 10 N–H and O–H groups in total. The normalized spacial score (nSPS) is 10.4. The van der Waals surface area contributed by atoms with Gasteiger partial charge in [-0.05, 0) is 9.85 Å². The predicted molar refractivity (Wildman–Crippen MR) is 106 cm³/mol. The first-order valence-corrected chi connectivity index (χ1v) is 8.53. The molecular weight excluding hydrogens is 500 g/mol. The summed E-state index contributed by atoms with van der Waals surface area (Å²) in [7, 11) is 0. The van der Waals surface area contributed by atoms with E-state index in [-0.39, 0.29) is 11.9 Å². The summed E-state index contributed by atoms with van der Waals surface area (Å²) < 4.78 is 2.24. The van der Waals surface area contributed by atoms with Gasteiger partial charge < -0.3 is 51.9 Å². The van der Waals surface area contributed by atoms with Crippen molar-refractivity contribution in [1.82, 2.24) is 40.3 Å². The second-order valence-corrected chi connectivity index (χ2v) is 6.02. The van der Waals surface area contributed by atoms with E-state index < -0.39 is 54.6 Å². The van der Waals surface area contributed by atoms with Gasteiger partial charge in [-0.1, -0.05) is 0 Å². The monoisotopic (exact) mass is 510 g/mol. The van der Waals surface area contributed by atoms with E-state index in [0.29, 0.717) is 11.6 Å². The molecule has 36 heavy (non-hydrogen) atoms. The number of anilines is 2. The molecule has 26 heteroatoms. The molecule has 0 saturated carbocycles. The minimum atomic E-state index is -1.24. The number of rotatable bonds is 6. The maximum absolute atomic E-state index is 10.6. The zero-order chi connectivity index (χ0) is 26.9. The van der Waals surface area contributed by atoms with Crippen LogP contribution in [0.1, 0.15) is 0 Å². The molecule has 4 aromatic heterocycles. The van der Waals surface area contributed by atoms with Crippen molar-refractivity contribution in [2.45, 2.75) is 0 Å². The van der Waals surface area contributed by atoms with Crippen LogP contribution in [-0.4, -0.2) is 50.1 Å². The fraction of sp³-hybridized carbons (Fsp3) is 0. The van der Waals surface area contributed by atoms with E-state index >= 15 is 0 Å². The summed E-state index contributed by atoms with van der Waals surface area (Å²) >= 11 is 0. The Kier molecular flexibility index (Phi) is 5.90. The van der Waals surface area contributed by atoms with Crippen LogP contribution in [0.15, 0.2) is 0 Å². The number of nitrogen functional groups attached to an aromatic ring is 4. The number of nitro groups is 4. The van der Waals surface area contributed by atoms with E-state index in [1.807, 2.05) is 0 Å². The van der Waals surface area contributed by atoms with Crippen LogP contribution in [0.25, 0.3) is 23.3 Å². The van der Waals surface area contributed by atoms with Crippen LogP contribution in [0.4, 0.5) is 35.2 Å². The Morgan fingerprint density at radius 2 is 1.00 bits per heavy atom. The number of aromatic amines is 2. The molecule has 0 spiro atoms. The van der Waals surface area contributed by atoms with Crippen LogP contribution in [0.3, 0.4) is 0 Å². The second-order valence-electron chi connectivity index (χ2n) is 6.02. The average Bonchev–Trinajstić information content (AvgIpc) is 3.57. The predicted octanol–water partition coefficient (Wildman–Crippen LogP) is -4.34. The van der Waals surface area contributed by atoms with Gasteiger partial charge in [0.1, 0.15) is 0 Å². The smallest absolute Gasteiger partial charge is 0.396 e. The van der Waals surface area contributed by atoms with Crippen molar-refractivity contribution in [3.05, 3.63) is 40.5 Å². The molecule has 0 amide bonds. The highest BCUT2D eigenvalue weighted by molar-refractivity contribution is 5.58. The van der Waals surface area contributed by atoms with Crippen molar-refractivity contribution in [2.75, 3.05) is 23.2 Å². The molecule has 0 bridgehead atoms. The van der Waals surface area contributed by atoms with Crippen molar-refractivity contribution in [1.29, 1.82) is 0 Å². The van der Waals surface area contributed by atoms with Crippen LogP contribution in [0.5, 0.6) is 0 Å². The molecule has 0 aliphatic carbocycles. The molecular formula is C10H10N18O8. The van der Waals surface area contributed by atoms with E-state index in [2.05, 4.69) is 40.3 Å². The van der Waals surface area contributed by atoms with Gasteiger partial charge in [0.25, 0.3) is 0 Å². The molecule has 4 aromatic rings. The number of hydrogen-bond acceptors (Lipinski definition) is 16. The Morgan fingerprint density at radius 1 is 0.667 bits per heavy atom. The van der Waals surface area contributed by atoms with Crippen molar-refractivity contribution in [3.63, 3.8) is 0 Å². The number of imidazole rings is 2. The van der Waals surface area contributed by atoms with Crippen LogP contribution < -0.4 is 42.5 Å². The highest BCUT2D eigenvalue weighted by atomic mass is 16.7. The third-order valence-electron chi connectivity index (χ3n) is 3.89. The summed E-state index contributed by atoms with van der Waals surface area (Å²) in [6, 6.07) is 0. The maximum Gasteiger partial charge on any atom is 0.396 e. The Hall–Kier alpha value is -6.50. The van der Waals surface area contributed by atoms with Gasteiger partial charge in [0.05, 0.1) is 0 Å². The van der Waals surface area contributed by atoms with E-state index in [0.717, 1.165) is 9.35 Å². The molecule has 188 valence electrons. The average molecular weight is 510 g/mol. The highest BCUT2D eigenvalue weighted by Crippen LogP contribution is 2.29. The standard InChI is InChI=1S/C6N8O8.C4H8N10/c15-11(16)3-4(12(17)18)8-1(7-3)2-9-5(13(19)20)6(10-2)14(21)22;5-3-11-9-1(13(3)7)2-10-12-4(6)14(2)8/h;7-8H2,(H4,5,6,9,10,11,12)/q-2;/p+2. The number of aromatic nitrogens is 10. The molecule has 0 atom stereocenters. The molecule has 0 radical (unpaired) electrons. The molecule has 0 unspecified atom stereocenters. The van der Waals surface area contributed by atoms with Crippen LogP contribution in [0.2, 0.25) is 0 Å². The summed E-state index contributed by atoms with van der Waals surface area (Å²) in [6.45, 7) is 0. The molecule has 4 heterocycles. The SMILES string of the molecule is Nc1n[nH]c(-c2[nH]nc(N)[n+]2N)[n+]1N.O=[N+]([O-])c1nc(-c2nc([N+](=O)[O-])c([N+](=O)[O-])[n-]2)[n-]c1[N+](=O)[O-]. The summed E-state index contributed by atoms with van der Waals surface area (Å²) in [5.41, 5.74) is 10.8. The number of H-pyrrole nitrogens is 2. The van der Waals surface area contributed by atoms with Gasteiger partial charge in [-0.3, -0.25) is 11.7 Å². The molecule has 0 aromatic carbocycles. The molecule has 0 saturated heterocycles. The zero-order valence-corrected chi connectivity index (χ0v) is 16.9. The number of nitrogens with zero attached hydrogens (tertiary/aromatic N) is 12. The van der Waals surface area contributed by atoms with Gasteiger partial charge in [0, 0.05) is 10.2 Å². The number of nitrogens with one attached hydrogen (secondary N) is 2. The first kappa shape index (κ1) is 24.1. The maximum atomic E-state index is 10.6. The van der Waals surface area contributed by atoms with Gasteiger partial charge in [-0.15, -0.1) is 19.5 Å². The third-order valence-corrected chi connectivity index (χ3v) is 3.89. The fourth-order valence-electron chi connectivity index (χ4n) is 2.34. The van der Waals surface area contributed by atoms with Crippen molar-refractivity contribution in [2.24, 2.45) is 0 Å². The summed E-state index contributed by atoms with van der Waals surface area (Å²) in [5, 5.41) is 54.9. The fourth-order valence-corrected chi connectivity index (χ4v) is 2.34. The lowest BCUT2D eigenvalue weighted by atomic mass is 10.6. The van der Waals surface area contributed by atoms with Gasteiger partial charge in [0.2, 0.25) is 23.3 Å². The molecule has 0 aliphatic rings. The van der Waals surface area contributed by atoms with Crippen LogP contribution in [0, 0.1) is 40.5 Å². The molecule has 26 nitrogen and oxygen atoms in total. The summed E-state index contributed by atoms with van der Waals surface area (Å²) in [5.74, 6) is 5.50. The third kappa shape index (κ3) is 4.24. The summed E-state index contributed by atoms with van der Waals surface area (Å²) in [4.78, 5) is 50.2. The van der Waals surface area contributed by atoms with Crippen LogP contribution in [-0.2, 0) is 0 Å². The Labute approximate surface area is 192 Å². The first-order chi connectivity index (χ1) is 16.8. The van der Waals surface area contributed by atoms with Gasteiger partial charge in [-0.2, -0.15) is 29.8 Å². The highest BCUT2D eigenvalue weighted by Gasteiger charge is 2.26. The molecule has 4 rings (SSSR count). The lowest BCUT2D eigenvalue weighted by Gasteiger charge is -2.00. The molecule has 0 aliphatic heterocycles. The lowest BCUT2D eigenvalue weighted by Crippen LogP contribution is -2.53. The number of nitrogens with two attached hydrogens (primary N) is 4. The van der Waals surface area contributed by atoms with Crippen LogP contribution >= 0.6 is 0 Å². The largest absolute Gasteiger partial charge is 0.459 e. The quantitative estimate of drug-likeness (QED) is 0.0617. The van der Waals surface area contributed by atoms with Gasteiger partial charge in [-0.25, -0.2) is 0 Å². The lowest BCUT2D eigenvalue weighted by molar-refractivity contribution is -0.643. The number of hydrogen-bond donors (Lipinski definition) is 6. The van der Waals surface area contributed by atoms with Crippen molar-refractivity contribution < 1.29 is 29.0 Å². The van der Waals surface area contributed by atoms with Gasteiger partial charge >= 0.3 is 35.2 Å². The summed E-state index contributed by atoms with van der Waals surface area (Å²) in [6.07, 6.45) is 0. The van der Waals surface area contributed by atoms with E-state index in [1.165, 1.54) is 0 Å². The molecule has 0 fully saturated rings. The van der Waals surface area contributed by atoms with Gasteiger partial charge in [0.15, 0.2) is 0 Å². The van der Waals surface area contributed by atoms with Crippen molar-refractivity contribution in [3.8, 4) is 23.3 Å². The van der Waals surface area contributed by atoms with E-state index in [1.54, 1.807) is 0 Å². The first-order valence-electron chi connectivity index (χ1n) is 8.53. The van der Waals surface area contributed by atoms with E-state index in [9.17, 15) is 40.5 Å². The Balaban J connectivity index is 0.000000221. The second kappa shape index (κ2) is 8.80. The topological polar surface area (TPSA) is 396 Å². The van der Waals surface area contributed by atoms with Crippen molar-refractivity contribution >= 4 is 35.2 Å². The minimum absolute atomic E-state index is 0.119. The zero-order valence-electron chi connectivity index (χ0n) is 16.9. The van der Waals surface area contributed by atoms with E-state index in [4.69, 9.17) is 23.2 Å². The minimum Gasteiger partial charge on any atom is -0.459 e. The Bertz CT molecular complexity index is 1330.